The number of hydrogen-bond donors (Lipinski definition) is 4. The molecule has 0 radical (unpaired) electrons. The zero-order chi connectivity index (χ0) is 24.9. The molecule has 3 aromatic carbocycles. The van der Waals surface area contributed by atoms with E-state index >= 15 is 0 Å². The van der Waals surface area contributed by atoms with Gasteiger partial charge >= 0.3 is 0 Å². The van der Waals surface area contributed by atoms with Gasteiger partial charge in [-0.3, -0.25) is 4.79 Å². The van der Waals surface area contributed by atoms with Gasteiger partial charge in [0.1, 0.15) is 0 Å². The summed E-state index contributed by atoms with van der Waals surface area (Å²) in [6.45, 7) is 5.50. The number of carbonyl (C=O) groups excluding carboxylic acids is 1. The summed E-state index contributed by atoms with van der Waals surface area (Å²) in [5.41, 5.74) is 11.2. The van der Waals surface area contributed by atoms with Crippen LogP contribution in [0.3, 0.4) is 0 Å². The SMILES string of the molecule is C=CC(=O)Nc1cccc(-c2cccc3cnc(Nc4ccc([C@H]5OCCNC5CN)cc4)nc23)c1. The molecule has 2 atom stereocenters. The highest BCUT2D eigenvalue weighted by molar-refractivity contribution is 6.00. The first-order valence-corrected chi connectivity index (χ1v) is 11.9. The van der Waals surface area contributed by atoms with Crippen molar-refractivity contribution in [3.05, 3.63) is 91.1 Å². The molecule has 2 heterocycles. The number of amides is 1. The van der Waals surface area contributed by atoms with E-state index in [0.29, 0.717) is 24.8 Å². The number of ether oxygens (including phenoxy) is 1. The van der Waals surface area contributed by atoms with Crippen molar-refractivity contribution in [1.29, 1.82) is 0 Å². The molecule has 1 aliphatic heterocycles. The predicted octanol–water partition coefficient (Wildman–Crippen LogP) is 4.15. The summed E-state index contributed by atoms with van der Waals surface area (Å²) in [7, 11) is 0. The maximum Gasteiger partial charge on any atom is 0.247 e. The Balaban J connectivity index is 1.40. The fourth-order valence-corrected chi connectivity index (χ4v) is 4.38. The van der Waals surface area contributed by atoms with Crippen molar-refractivity contribution in [2.24, 2.45) is 5.73 Å². The van der Waals surface area contributed by atoms with Crippen LogP contribution in [0.15, 0.2) is 85.6 Å². The second-order valence-corrected chi connectivity index (χ2v) is 8.55. The topological polar surface area (TPSA) is 114 Å². The minimum absolute atomic E-state index is 0.0655. The van der Waals surface area contributed by atoms with Crippen LogP contribution in [-0.4, -0.2) is 41.6 Å². The number of nitrogens with one attached hydrogen (secondary N) is 3. The van der Waals surface area contributed by atoms with E-state index in [-0.39, 0.29) is 18.1 Å². The summed E-state index contributed by atoms with van der Waals surface area (Å²) in [6.07, 6.45) is 2.99. The van der Waals surface area contributed by atoms with Crippen molar-refractivity contribution < 1.29 is 9.53 Å². The Hall–Kier alpha value is -4.11. The van der Waals surface area contributed by atoms with Crippen molar-refractivity contribution in [2.45, 2.75) is 12.1 Å². The van der Waals surface area contributed by atoms with Crippen molar-refractivity contribution in [3.8, 4) is 11.1 Å². The van der Waals surface area contributed by atoms with Crippen LogP contribution in [0, 0.1) is 0 Å². The van der Waals surface area contributed by atoms with Crippen LogP contribution in [0.1, 0.15) is 11.7 Å². The Labute approximate surface area is 209 Å². The lowest BCUT2D eigenvalue weighted by atomic mass is 10.0. The fourth-order valence-electron chi connectivity index (χ4n) is 4.38. The van der Waals surface area contributed by atoms with Gasteiger partial charge in [0.05, 0.1) is 18.2 Å². The molecule has 0 aliphatic carbocycles. The lowest BCUT2D eigenvalue weighted by Gasteiger charge is -2.32. The number of nitrogens with two attached hydrogens (primary N) is 1. The molecule has 0 saturated carbocycles. The monoisotopic (exact) mass is 480 g/mol. The maximum atomic E-state index is 11.7. The third-order valence-corrected chi connectivity index (χ3v) is 6.16. The third kappa shape index (κ3) is 5.11. The standard InChI is InChI=1S/C28H28N6O2/c1-2-25(35)32-22-7-3-5-19(15-22)23-8-4-6-20-17-31-28(34-26(20)23)33-21-11-9-18(10-12-21)27-24(16-29)30-13-14-36-27/h2-12,15,17,24,27,30H,1,13-14,16,29H2,(H,32,35)(H,31,33,34)/t24?,27-/m1/s1. The van der Waals surface area contributed by atoms with Crippen LogP contribution in [0.2, 0.25) is 0 Å². The highest BCUT2D eigenvalue weighted by Gasteiger charge is 2.25. The highest BCUT2D eigenvalue weighted by atomic mass is 16.5. The molecule has 36 heavy (non-hydrogen) atoms. The summed E-state index contributed by atoms with van der Waals surface area (Å²) in [6, 6.07) is 21.8. The van der Waals surface area contributed by atoms with E-state index < -0.39 is 0 Å². The summed E-state index contributed by atoms with van der Waals surface area (Å²) in [5, 5.41) is 10.4. The molecular formula is C28H28N6O2. The molecule has 5 N–H and O–H groups in total. The predicted molar refractivity (Wildman–Crippen MR) is 143 cm³/mol. The minimum atomic E-state index is -0.255. The number of rotatable bonds is 7. The van der Waals surface area contributed by atoms with E-state index in [1.807, 2.05) is 66.7 Å². The van der Waals surface area contributed by atoms with Crippen molar-refractivity contribution >= 4 is 34.1 Å². The molecule has 8 heteroatoms. The van der Waals surface area contributed by atoms with Gasteiger partial charge in [0.25, 0.3) is 0 Å². The molecule has 1 amide bonds. The van der Waals surface area contributed by atoms with Crippen LogP contribution >= 0.6 is 0 Å². The van der Waals surface area contributed by atoms with Gasteiger partial charge in [-0.2, -0.15) is 0 Å². The molecule has 1 aromatic heterocycles. The van der Waals surface area contributed by atoms with E-state index in [0.717, 1.165) is 39.8 Å². The lowest BCUT2D eigenvalue weighted by Crippen LogP contribution is -2.47. The van der Waals surface area contributed by atoms with Crippen molar-refractivity contribution in [3.63, 3.8) is 0 Å². The first kappa shape index (κ1) is 23.6. The number of hydrogen-bond acceptors (Lipinski definition) is 7. The summed E-state index contributed by atoms with van der Waals surface area (Å²) in [5.74, 6) is 0.240. The summed E-state index contributed by atoms with van der Waals surface area (Å²) < 4.78 is 5.95. The van der Waals surface area contributed by atoms with Crippen LogP contribution in [0.25, 0.3) is 22.0 Å². The maximum absolute atomic E-state index is 11.7. The van der Waals surface area contributed by atoms with E-state index in [1.165, 1.54) is 6.08 Å². The van der Waals surface area contributed by atoms with E-state index in [1.54, 1.807) is 6.20 Å². The Bertz CT molecular complexity index is 1390. The van der Waals surface area contributed by atoms with Crippen molar-refractivity contribution in [2.75, 3.05) is 30.3 Å². The molecule has 8 nitrogen and oxygen atoms in total. The molecule has 1 fully saturated rings. The normalized spacial score (nSPS) is 17.5. The molecule has 1 aliphatic rings. The second kappa shape index (κ2) is 10.7. The molecule has 0 bridgehead atoms. The van der Waals surface area contributed by atoms with Gasteiger partial charge in [0.2, 0.25) is 11.9 Å². The largest absolute Gasteiger partial charge is 0.371 e. The molecule has 5 rings (SSSR count). The Morgan fingerprint density at radius 2 is 1.97 bits per heavy atom. The zero-order valence-corrected chi connectivity index (χ0v) is 19.8. The average Bonchev–Trinajstić information content (AvgIpc) is 2.93. The molecule has 1 saturated heterocycles. The van der Waals surface area contributed by atoms with Gasteiger partial charge in [-0.1, -0.05) is 49.0 Å². The van der Waals surface area contributed by atoms with E-state index in [9.17, 15) is 4.79 Å². The quantitative estimate of drug-likeness (QED) is 0.294. The number of fused-ring (bicyclic) bond motifs is 1. The van der Waals surface area contributed by atoms with Crippen LogP contribution in [0.4, 0.5) is 17.3 Å². The molecule has 0 spiro atoms. The van der Waals surface area contributed by atoms with Gasteiger partial charge in [-0.15, -0.1) is 0 Å². The van der Waals surface area contributed by atoms with Gasteiger partial charge in [0.15, 0.2) is 0 Å². The zero-order valence-electron chi connectivity index (χ0n) is 19.8. The number of carbonyl (C=O) groups is 1. The van der Waals surface area contributed by atoms with Crippen LogP contribution < -0.4 is 21.7 Å². The molecule has 4 aromatic rings. The Kier molecular flexibility index (Phi) is 6.99. The first-order chi connectivity index (χ1) is 17.6. The number of para-hydroxylation sites is 1. The Morgan fingerprint density at radius 3 is 2.78 bits per heavy atom. The van der Waals surface area contributed by atoms with Crippen molar-refractivity contribution in [1.82, 2.24) is 15.3 Å². The van der Waals surface area contributed by atoms with Crippen LogP contribution in [0.5, 0.6) is 0 Å². The number of morpholine rings is 1. The van der Waals surface area contributed by atoms with E-state index in [4.69, 9.17) is 15.5 Å². The lowest BCUT2D eigenvalue weighted by molar-refractivity contribution is -0.111. The fraction of sp³-hybridized carbons (Fsp3) is 0.179. The van der Waals surface area contributed by atoms with E-state index in [2.05, 4.69) is 27.5 Å². The minimum Gasteiger partial charge on any atom is -0.371 e. The van der Waals surface area contributed by atoms with Gasteiger partial charge in [0, 0.05) is 47.7 Å². The number of anilines is 3. The first-order valence-electron chi connectivity index (χ1n) is 11.9. The highest BCUT2D eigenvalue weighted by Crippen LogP contribution is 2.30. The van der Waals surface area contributed by atoms with Crippen LogP contribution in [-0.2, 0) is 9.53 Å². The number of nitrogens with zero attached hydrogens (tertiary/aromatic N) is 2. The van der Waals surface area contributed by atoms with Gasteiger partial charge in [-0.25, -0.2) is 9.97 Å². The molecule has 182 valence electrons. The molecular weight excluding hydrogens is 452 g/mol. The Morgan fingerprint density at radius 1 is 1.14 bits per heavy atom. The van der Waals surface area contributed by atoms with Gasteiger partial charge < -0.3 is 26.4 Å². The summed E-state index contributed by atoms with van der Waals surface area (Å²) >= 11 is 0. The number of aromatic nitrogens is 2. The third-order valence-electron chi connectivity index (χ3n) is 6.16. The molecule has 1 unspecified atom stereocenters. The smallest absolute Gasteiger partial charge is 0.247 e. The number of benzene rings is 3. The second-order valence-electron chi connectivity index (χ2n) is 8.55. The van der Waals surface area contributed by atoms with Gasteiger partial charge in [-0.05, 0) is 41.5 Å². The average molecular weight is 481 g/mol. The summed E-state index contributed by atoms with van der Waals surface area (Å²) in [4.78, 5) is 21.0.